The van der Waals surface area contributed by atoms with Gasteiger partial charge in [-0.2, -0.15) is 5.26 Å². The Labute approximate surface area is 237 Å². The van der Waals surface area contributed by atoms with E-state index in [1.54, 1.807) is 17.6 Å². The smallest absolute Gasteiger partial charge is 0.305 e. The molecular weight excluding hydrogens is 532 g/mol. The number of nitriles is 1. The second-order valence-electron chi connectivity index (χ2n) is 9.90. The summed E-state index contributed by atoms with van der Waals surface area (Å²) in [7, 11) is 0. The first-order valence-corrected chi connectivity index (χ1v) is 14.4. The van der Waals surface area contributed by atoms with Crippen LogP contribution in [0.15, 0.2) is 40.0 Å². The molecule has 3 heterocycles. The fourth-order valence-corrected chi connectivity index (χ4v) is 6.53. The molecule has 0 atom stereocenters. The fraction of sp³-hybridized carbons (Fsp3) is 0.414. The van der Waals surface area contributed by atoms with Crippen LogP contribution >= 0.6 is 24.0 Å². The number of carbonyl (C=O) groups excluding carboxylic acids is 1. The topological polar surface area (TPSA) is 107 Å². The fourth-order valence-electron chi connectivity index (χ4n) is 5.24. The summed E-state index contributed by atoms with van der Waals surface area (Å²) in [5, 5.41) is 18.9. The van der Waals surface area contributed by atoms with Crippen molar-refractivity contribution >= 4 is 52.1 Å². The minimum absolute atomic E-state index is 0.00309. The van der Waals surface area contributed by atoms with E-state index >= 15 is 0 Å². The third-order valence-corrected chi connectivity index (χ3v) is 8.65. The number of anilines is 1. The molecule has 2 aromatic rings. The molecule has 1 amide bonds. The van der Waals surface area contributed by atoms with Gasteiger partial charge in [-0.05, 0) is 55.7 Å². The van der Waals surface area contributed by atoms with Crippen molar-refractivity contribution in [1.82, 2.24) is 9.47 Å². The van der Waals surface area contributed by atoms with E-state index in [4.69, 9.17) is 17.3 Å². The van der Waals surface area contributed by atoms with Crippen molar-refractivity contribution in [3.8, 4) is 6.07 Å². The molecule has 4 rings (SSSR count). The number of thiocarbonyl (C=S) groups is 1. The Balaban J connectivity index is 1.71. The first kappa shape index (κ1) is 28.6. The number of carbonyl (C=O) groups is 2. The van der Waals surface area contributed by atoms with Gasteiger partial charge in [-0.3, -0.25) is 23.9 Å². The van der Waals surface area contributed by atoms with Crippen LogP contribution in [0.25, 0.3) is 6.08 Å². The number of aromatic nitrogens is 1. The van der Waals surface area contributed by atoms with Crippen molar-refractivity contribution in [2.24, 2.45) is 5.92 Å². The summed E-state index contributed by atoms with van der Waals surface area (Å²) in [6.07, 6.45) is 5.17. The standard InChI is InChI=1S/C29H32N4O4S2/c1-3-12-32-26(31-13-9-21(10-14-31)16-20-7-5-4-6-8-20)22(19(2)23(18-30)27(32)36)17-24-28(37)33(29(38)39-24)15-11-25(34)35/h4-8,17,21H,3,9-16H2,1-2H3,(H,34,35). The Kier molecular flexibility index (Phi) is 9.25. The highest BCUT2D eigenvalue weighted by atomic mass is 32.2. The van der Waals surface area contributed by atoms with Crippen LogP contribution < -0.4 is 10.5 Å². The second-order valence-corrected chi connectivity index (χ2v) is 11.6. The highest BCUT2D eigenvalue weighted by Crippen LogP contribution is 2.37. The van der Waals surface area contributed by atoms with Crippen molar-refractivity contribution in [3.05, 3.63) is 67.8 Å². The number of amides is 1. The van der Waals surface area contributed by atoms with Gasteiger partial charge in [0, 0.05) is 31.7 Å². The molecule has 0 radical (unpaired) electrons. The van der Waals surface area contributed by atoms with Crippen LogP contribution in [0.3, 0.4) is 0 Å². The second kappa shape index (κ2) is 12.6. The highest BCUT2D eigenvalue weighted by Gasteiger charge is 2.34. The Morgan fingerprint density at radius 2 is 1.90 bits per heavy atom. The zero-order chi connectivity index (χ0) is 28.1. The van der Waals surface area contributed by atoms with Gasteiger partial charge in [-0.1, -0.05) is 61.2 Å². The van der Waals surface area contributed by atoms with Gasteiger partial charge in [0.15, 0.2) is 0 Å². The van der Waals surface area contributed by atoms with E-state index in [2.05, 4.69) is 35.2 Å². The molecular formula is C29H32N4O4S2. The maximum Gasteiger partial charge on any atom is 0.305 e. The number of carboxylic acids is 1. The van der Waals surface area contributed by atoms with Gasteiger partial charge in [0.25, 0.3) is 11.5 Å². The summed E-state index contributed by atoms with van der Waals surface area (Å²) in [6, 6.07) is 12.5. The average Bonchev–Trinajstić information content (AvgIpc) is 3.19. The molecule has 2 saturated heterocycles. The van der Waals surface area contributed by atoms with Crippen LogP contribution in [0, 0.1) is 24.2 Å². The summed E-state index contributed by atoms with van der Waals surface area (Å²) in [5.74, 6) is -0.104. The van der Waals surface area contributed by atoms with Crippen molar-refractivity contribution in [2.45, 2.75) is 52.5 Å². The first-order chi connectivity index (χ1) is 18.7. The lowest BCUT2D eigenvalue weighted by Gasteiger charge is -2.36. The number of rotatable bonds is 9. The van der Waals surface area contributed by atoms with E-state index in [9.17, 15) is 19.6 Å². The van der Waals surface area contributed by atoms with E-state index in [0.29, 0.717) is 39.2 Å². The van der Waals surface area contributed by atoms with Crippen LogP contribution in [0.1, 0.15) is 54.9 Å². The molecule has 1 N–H and O–H groups in total. The van der Waals surface area contributed by atoms with Crippen molar-refractivity contribution < 1.29 is 14.7 Å². The minimum atomic E-state index is -1.01. The Bertz CT molecular complexity index is 1400. The summed E-state index contributed by atoms with van der Waals surface area (Å²) in [6.45, 7) is 5.70. The van der Waals surface area contributed by atoms with Gasteiger partial charge in [0.2, 0.25) is 0 Å². The number of pyridine rings is 1. The third-order valence-electron chi connectivity index (χ3n) is 7.27. The maximum absolute atomic E-state index is 13.4. The molecule has 204 valence electrons. The number of piperidine rings is 1. The summed E-state index contributed by atoms with van der Waals surface area (Å²) in [5.41, 5.74) is 2.27. The minimum Gasteiger partial charge on any atom is -0.481 e. The van der Waals surface area contributed by atoms with Crippen LogP contribution in [0.4, 0.5) is 5.82 Å². The number of benzene rings is 1. The molecule has 39 heavy (non-hydrogen) atoms. The van der Waals surface area contributed by atoms with Crippen molar-refractivity contribution in [3.63, 3.8) is 0 Å². The molecule has 0 spiro atoms. The normalized spacial score (nSPS) is 17.2. The van der Waals surface area contributed by atoms with Gasteiger partial charge in [-0.25, -0.2) is 0 Å². The summed E-state index contributed by atoms with van der Waals surface area (Å²) < 4.78 is 1.98. The number of carboxylic acid groups (broad SMARTS) is 1. The molecule has 0 bridgehead atoms. The molecule has 1 aromatic heterocycles. The zero-order valence-corrected chi connectivity index (χ0v) is 23.8. The van der Waals surface area contributed by atoms with Crippen molar-refractivity contribution in [1.29, 1.82) is 5.26 Å². The molecule has 2 fully saturated rings. The first-order valence-electron chi connectivity index (χ1n) is 13.2. The maximum atomic E-state index is 13.4. The Morgan fingerprint density at radius 3 is 2.51 bits per heavy atom. The molecule has 2 aliphatic rings. The zero-order valence-electron chi connectivity index (χ0n) is 22.2. The lowest BCUT2D eigenvalue weighted by atomic mass is 9.90. The predicted molar refractivity (Wildman–Crippen MR) is 158 cm³/mol. The van der Waals surface area contributed by atoms with Crippen LogP contribution in [0.2, 0.25) is 0 Å². The van der Waals surface area contributed by atoms with Crippen LogP contribution in [0.5, 0.6) is 0 Å². The number of hydrogen-bond acceptors (Lipinski definition) is 7. The van der Waals surface area contributed by atoms with Gasteiger partial charge >= 0.3 is 5.97 Å². The van der Waals surface area contributed by atoms with Gasteiger partial charge in [0.05, 0.1) is 11.3 Å². The summed E-state index contributed by atoms with van der Waals surface area (Å²) in [4.78, 5) is 41.5. The van der Waals surface area contributed by atoms with Gasteiger partial charge in [-0.15, -0.1) is 0 Å². The monoisotopic (exact) mass is 564 g/mol. The lowest BCUT2D eigenvalue weighted by Crippen LogP contribution is -2.40. The SMILES string of the molecule is CCCn1c(N2CCC(Cc3ccccc3)CC2)c(C=C2SC(=S)N(CCC(=O)O)C2=O)c(C)c(C#N)c1=O. The molecule has 0 saturated carbocycles. The largest absolute Gasteiger partial charge is 0.481 e. The summed E-state index contributed by atoms with van der Waals surface area (Å²) >= 11 is 6.49. The van der Waals surface area contributed by atoms with Gasteiger partial charge < -0.3 is 10.0 Å². The van der Waals surface area contributed by atoms with Crippen molar-refractivity contribution in [2.75, 3.05) is 24.5 Å². The Morgan fingerprint density at radius 1 is 1.21 bits per heavy atom. The van der Waals surface area contributed by atoms with E-state index in [1.807, 2.05) is 13.0 Å². The lowest BCUT2D eigenvalue weighted by molar-refractivity contribution is -0.137. The van der Waals surface area contributed by atoms with Crippen LogP contribution in [-0.4, -0.2) is 50.4 Å². The van der Waals surface area contributed by atoms with Gasteiger partial charge in [0.1, 0.15) is 21.8 Å². The number of hydrogen-bond donors (Lipinski definition) is 1. The van der Waals surface area contributed by atoms with E-state index < -0.39 is 5.97 Å². The number of aliphatic carboxylic acids is 1. The number of nitrogens with zero attached hydrogens (tertiary/aromatic N) is 4. The highest BCUT2D eigenvalue weighted by molar-refractivity contribution is 8.26. The van der Waals surface area contributed by atoms with E-state index in [1.165, 1.54) is 10.5 Å². The quantitative estimate of drug-likeness (QED) is 0.349. The molecule has 0 unspecified atom stereocenters. The molecule has 1 aromatic carbocycles. The molecule has 2 aliphatic heterocycles. The Hall–Kier alpha value is -3.42. The molecule has 8 nitrogen and oxygen atoms in total. The number of thioether (sulfide) groups is 1. The van der Waals surface area contributed by atoms with Crippen LogP contribution in [-0.2, 0) is 22.6 Å². The van der Waals surface area contributed by atoms with E-state index in [0.717, 1.165) is 49.9 Å². The molecule has 0 aliphatic carbocycles. The average molecular weight is 565 g/mol. The molecule has 10 heteroatoms. The third kappa shape index (κ3) is 6.26. The predicted octanol–water partition coefficient (Wildman–Crippen LogP) is 4.57. The van der Waals surface area contributed by atoms with E-state index in [-0.39, 0.29) is 30.0 Å².